The Labute approximate surface area is 116 Å². The third kappa shape index (κ3) is 7.25. The van der Waals surface area contributed by atoms with Crippen LogP contribution in [0, 0.1) is 0 Å². The van der Waals surface area contributed by atoms with Crippen LogP contribution >= 0.6 is 0 Å². The van der Waals surface area contributed by atoms with Crippen LogP contribution in [0.5, 0.6) is 0 Å². The Bertz CT molecular complexity index is 269. The maximum atomic E-state index is 12.4. The van der Waals surface area contributed by atoms with E-state index in [2.05, 4.69) is 21.3 Å². The predicted octanol–water partition coefficient (Wildman–Crippen LogP) is -0.743. The highest BCUT2D eigenvalue weighted by atomic mass is 16.1. The summed E-state index contributed by atoms with van der Waals surface area (Å²) in [5.41, 5.74) is -0.642. The molecule has 0 saturated heterocycles. The van der Waals surface area contributed by atoms with E-state index in [0.29, 0.717) is 19.4 Å². The van der Waals surface area contributed by atoms with Crippen molar-refractivity contribution in [2.45, 2.75) is 38.3 Å². The molecule has 0 heterocycles. The van der Waals surface area contributed by atoms with Gasteiger partial charge in [0.2, 0.25) is 6.41 Å². The van der Waals surface area contributed by atoms with Gasteiger partial charge in [-0.3, -0.25) is 9.59 Å². The molecule has 0 rings (SSSR count). The quantitative estimate of drug-likeness (QED) is 0.278. The Hall–Kier alpha value is -0.980. The Morgan fingerprint density at radius 3 is 2.32 bits per heavy atom. The lowest BCUT2D eigenvalue weighted by molar-refractivity contribution is -0.128. The summed E-state index contributed by atoms with van der Waals surface area (Å²) in [6.07, 6.45) is 2.10. The molecule has 0 aromatic heterocycles. The van der Waals surface area contributed by atoms with Crippen LogP contribution in [-0.2, 0) is 9.59 Å². The summed E-state index contributed by atoms with van der Waals surface area (Å²) < 4.78 is 0. The highest BCUT2D eigenvalue weighted by molar-refractivity contribution is 5.93. The summed E-state index contributed by atoms with van der Waals surface area (Å²) in [5.74, 6) is 0.0202. The van der Waals surface area contributed by atoms with Gasteiger partial charge in [-0.15, -0.1) is 0 Å². The zero-order valence-electron chi connectivity index (χ0n) is 12.5. The van der Waals surface area contributed by atoms with Gasteiger partial charge < -0.3 is 21.3 Å². The number of likely N-dealkylation sites (N-methyl/N-ethyl adjacent to an activating group) is 1. The van der Waals surface area contributed by atoms with Crippen molar-refractivity contribution in [3.8, 4) is 0 Å². The fraction of sp³-hybridized carbons (Fsp3) is 0.846. The lowest BCUT2D eigenvalue weighted by atomic mass is 9.91. The zero-order chi connectivity index (χ0) is 14.7. The molecule has 0 fully saturated rings. The van der Waals surface area contributed by atoms with Crippen LogP contribution in [0.1, 0.15) is 26.7 Å². The Morgan fingerprint density at radius 1 is 1.16 bits per heavy atom. The number of Topliss-reactive ketones (excluding diaryl/α,β-unsaturated/α-hetero) is 1. The zero-order valence-corrected chi connectivity index (χ0v) is 12.5. The smallest absolute Gasteiger partial charge is 0.207 e. The molecule has 112 valence electrons. The summed E-state index contributed by atoms with van der Waals surface area (Å²) in [7, 11) is 3.73. The minimum Gasteiger partial charge on any atom is -0.349 e. The summed E-state index contributed by atoms with van der Waals surface area (Å²) in [4.78, 5) is 23.0. The molecule has 19 heavy (non-hydrogen) atoms. The minimum absolute atomic E-state index is 0.0202. The molecule has 0 aliphatic heterocycles. The predicted molar refractivity (Wildman–Crippen MR) is 77.2 cm³/mol. The maximum Gasteiger partial charge on any atom is 0.207 e. The Kier molecular flexibility index (Phi) is 9.38. The van der Waals surface area contributed by atoms with Crippen molar-refractivity contribution >= 4 is 12.2 Å². The SMILES string of the molecule is CNCCCC(NC=O)C(=O)C(C)(C)NCCNC. The first-order chi connectivity index (χ1) is 8.99. The van der Waals surface area contributed by atoms with Crippen LogP contribution in [-0.4, -0.2) is 57.5 Å². The minimum atomic E-state index is -0.642. The molecular weight excluding hydrogens is 244 g/mol. The fourth-order valence-corrected chi connectivity index (χ4v) is 1.88. The van der Waals surface area contributed by atoms with Gasteiger partial charge in [-0.1, -0.05) is 0 Å². The Balaban J connectivity index is 4.44. The number of amides is 1. The average molecular weight is 272 g/mol. The van der Waals surface area contributed by atoms with E-state index in [-0.39, 0.29) is 5.78 Å². The van der Waals surface area contributed by atoms with E-state index >= 15 is 0 Å². The third-order valence-corrected chi connectivity index (χ3v) is 3.06. The van der Waals surface area contributed by atoms with Gasteiger partial charge in [0.05, 0.1) is 11.6 Å². The highest BCUT2D eigenvalue weighted by Gasteiger charge is 2.32. The van der Waals surface area contributed by atoms with Gasteiger partial charge in [0, 0.05) is 13.1 Å². The van der Waals surface area contributed by atoms with Gasteiger partial charge in [-0.25, -0.2) is 0 Å². The van der Waals surface area contributed by atoms with Gasteiger partial charge in [0.15, 0.2) is 5.78 Å². The largest absolute Gasteiger partial charge is 0.349 e. The van der Waals surface area contributed by atoms with Crippen LogP contribution in [0.4, 0.5) is 0 Å². The van der Waals surface area contributed by atoms with Crippen molar-refractivity contribution in [1.82, 2.24) is 21.3 Å². The van der Waals surface area contributed by atoms with E-state index in [4.69, 9.17) is 0 Å². The van der Waals surface area contributed by atoms with Crippen LogP contribution in [0.3, 0.4) is 0 Å². The molecule has 6 nitrogen and oxygen atoms in total. The molecule has 0 aliphatic rings. The van der Waals surface area contributed by atoms with Crippen molar-refractivity contribution in [3.63, 3.8) is 0 Å². The molecule has 0 spiro atoms. The van der Waals surface area contributed by atoms with E-state index in [1.165, 1.54) is 0 Å². The first-order valence-electron chi connectivity index (χ1n) is 6.77. The molecule has 0 radical (unpaired) electrons. The molecule has 4 N–H and O–H groups in total. The topological polar surface area (TPSA) is 82.3 Å². The van der Waals surface area contributed by atoms with Gasteiger partial charge >= 0.3 is 0 Å². The van der Waals surface area contributed by atoms with Crippen LogP contribution < -0.4 is 21.3 Å². The van der Waals surface area contributed by atoms with Gasteiger partial charge in [0.25, 0.3) is 0 Å². The Morgan fingerprint density at radius 2 is 1.79 bits per heavy atom. The molecule has 6 heteroatoms. The molecule has 0 saturated carbocycles. The number of rotatable bonds is 12. The monoisotopic (exact) mass is 272 g/mol. The number of nitrogens with one attached hydrogen (secondary N) is 4. The fourth-order valence-electron chi connectivity index (χ4n) is 1.88. The van der Waals surface area contributed by atoms with Crippen molar-refractivity contribution in [1.29, 1.82) is 0 Å². The summed E-state index contributed by atoms with van der Waals surface area (Å²) in [6.45, 7) is 6.03. The number of carbonyl (C=O) groups is 2. The van der Waals surface area contributed by atoms with Gasteiger partial charge in [-0.05, 0) is 47.3 Å². The maximum absolute atomic E-state index is 12.4. The number of hydrogen-bond donors (Lipinski definition) is 4. The molecule has 0 bridgehead atoms. The molecular formula is C13H28N4O2. The van der Waals surface area contributed by atoms with Crippen LogP contribution in [0.2, 0.25) is 0 Å². The summed E-state index contributed by atoms with van der Waals surface area (Å²) in [6, 6.07) is -0.428. The van der Waals surface area contributed by atoms with E-state index in [0.717, 1.165) is 19.5 Å². The standard InChI is InChI=1S/C13H28N4O2/c1-13(2,17-9-8-15-4)12(19)11(16-10-18)6-5-7-14-3/h10-11,14-15,17H,5-9H2,1-4H3,(H,16,18). The number of carbonyl (C=O) groups excluding carboxylic acids is 2. The van der Waals surface area contributed by atoms with E-state index in [1.807, 2.05) is 27.9 Å². The van der Waals surface area contributed by atoms with Crippen molar-refractivity contribution in [3.05, 3.63) is 0 Å². The summed E-state index contributed by atoms with van der Waals surface area (Å²) in [5, 5.41) is 11.9. The first kappa shape index (κ1) is 18.0. The molecule has 0 aromatic rings. The highest BCUT2D eigenvalue weighted by Crippen LogP contribution is 2.10. The van der Waals surface area contributed by atoms with E-state index < -0.39 is 11.6 Å². The second-order valence-electron chi connectivity index (χ2n) is 5.10. The molecule has 1 unspecified atom stereocenters. The number of hydrogen-bond acceptors (Lipinski definition) is 5. The third-order valence-electron chi connectivity index (χ3n) is 3.06. The second kappa shape index (κ2) is 9.89. The molecule has 1 amide bonds. The lowest BCUT2D eigenvalue weighted by Crippen LogP contribution is -2.55. The second-order valence-corrected chi connectivity index (χ2v) is 5.10. The van der Waals surface area contributed by atoms with Gasteiger partial charge in [-0.2, -0.15) is 0 Å². The van der Waals surface area contributed by atoms with Crippen LogP contribution in [0.15, 0.2) is 0 Å². The van der Waals surface area contributed by atoms with Gasteiger partial charge in [0.1, 0.15) is 0 Å². The van der Waals surface area contributed by atoms with Crippen LogP contribution in [0.25, 0.3) is 0 Å². The molecule has 1 atom stereocenters. The number of ketones is 1. The average Bonchev–Trinajstić information content (AvgIpc) is 2.37. The van der Waals surface area contributed by atoms with Crippen molar-refractivity contribution in [2.24, 2.45) is 0 Å². The lowest BCUT2D eigenvalue weighted by Gasteiger charge is -2.29. The van der Waals surface area contributed by atoms with E-state index in [1.54, 1.807) is 0 Å². The first-order valence-corrected chi connectivity index (χ1v) is 6.77. The molecule has 0 aromatic carbocycles. The summed E-state index contributed by atoms with van der Waals surface area (Å²) >= 11 is 0. The van der Waals surface area contributed by atoms with E-state index in [9.17, 15) is 9.59 Å². The van der Waals surface area contributed by atoms with Crippen molar-refractivity contribution < 1.29 is 9.59 Å². The van der Waals surface area contributed by atoms with Crippen molar-refractivity contribution in [2.75, 3.05) is 33.7 Å². The normalized spacial score (nSPS) is 13.1. The molecule has 0 aliphatic carbocycles.